The van der Waals surface area contributed by atoms with Crippen molar-refractivity contribution < 1.29 is 0 Å². The predicted molar refractivity (Wildman–Crippen MR) is 64.4 cm³/mol. The lowest BCUT2D eigenvalue weighted by molar-refractivity contribution is 0.604. The largest absolute Gasteiger partial charge is 0.268 e. The third kappa shape index (κ3) is 2.74. The van der Waals surface area contributed by atoms with E-state index in [1.54, 1.807) is 0 Å². The van der Waals surface area contributed by atoms with Gasteiger partial charge in [0.15, 0.2) is 0 Å². The zero-order valence-corrected chi connectivity index (χ0v) is 11.0. The molecular weight excluding hydrogens is 263 g/mol. The Morgan fingerprint density at radius 3 is 2.71 bits per heavy atom. The molecule has 0 aliphatic heterocycles. The number of unbranched alkanes of at least 4 members (excludes halogenated alkanes) is 1. The molecule has 1 aromatic rings. The smallest absolute Gasteiger partial charge is 0.0847 e. The van der Waals surface area contributed by atoms with Crippen LogP contribution in [0.1, 0.15) is 31.2 Å². The molecule has 0 radical (unpaired) electrons. The SMILES string of the molecule is CCn1nc(C)c(Cl)c1CCCCBr. The second-order valence-corrected chi connectivity index (χ2v) is 4.48. The fourth-order valence-electron chi connectivity index (χ4n) is 1.49. The topological polar surface area (TPSA) is 17.8 Å². The molecule has 0 aromatic carbocycles. The second-order valence-electron chi connectivity index (χ2n) is 3.31. The molecule has 14 heavy (non-hydrogen) atoms. The van der Waals surface area contributed by atoms with Gasteiger partial charge >= 0.3 is 0 Å². The predicted octanol–water partition coefficient (Wildman–Crippen LogP) is 3.58. The van der Waals surface area contributed by atoms with Crippen LogP contribution in [0.2, 0.25) is 5.02 Å². The summed E-state index contributed by atoms with van der Waals surface area (Å²) in [4.78, 5) is 0. The van der Waals surface area contributed by atoms with Crippen molar-refractivity contribution >= 4 is 27.5 Å². The van der Waals surface area contributed by atoms with E-state index in [1.165, 1.54) is 12.1 Å². The first-order valence-corrected chi connectivity index (χ1v) is 6.48. The van der Waals surface area contributed by atoms with Gasteiger partial charge in [-0.15, -0.1) is 0 Å². The van der Waals surface area contributed by atoms with Crippen molar-refractivity contribution in [3.05, 3.63) is 16.4 Å². The first-order chi connectivity index (χ1) is 6.70. The van der Waals surface area contributed by atoms with E-state index in [9.17, 15) is 0 Å². The van der Waals surface area contributed by atoms with E-state index in [2.05, 4.69) is 28.0 Å². The fraction of sp³-hybridized carbons (Fsp3) is 0.700. The van der Waals surface area contributed by atoms with Crippen LogP contribution in [0, 0.1) is 6.92 Å². The summed E-state index contributed by atoms with van der Waals surface area (Å²) in [5, 5.41) is 6.29. The zero-order valence-electron chi connectivity index (χ0n) is 8.69. The fourth-order valence-corrected chi connectivity index (χ4v) is 2.12. The number of alkyl halides is 1. The van der Waals surface area contributed by atoms with Crippen LogP contribution in [-0.2, 0) is 13.0 Å². The van der Waals surface area contributed by atoms with E-state index in [1.807, 2.05) is 11.6 Å². The van der Waals surface area contributed by atoms with E-state index in [0.717, 1.165) is 35.4 Å². The Balaban J connectivity index is 2.72. The number of rotatable bonds is 5. The minimum Gasteiger partial charge on any atom is -0.268 e. The molecule has 0 saturated heterocycles. The minimum atomic E-state index is 0.849. The summed E-state index contributed by atoms with van der Waals surface area (Å²) in [7, 11) is 0. The Labute approximate surface area is 98.8 Å². The van der Waals surface area contributed by atoms with Crippen molar-refractivity contribution in [3.63, 3.8) is 0 Å². The Morgan fingerprint density at radius 1 is 1.43 bits per heavy atom. The Bertz CT molecular complexity index is 297. The highest BCUT2D eigenvalue weighted by Gasteiger charge is 2.11. The highest BCUT2D eigenvalue weighted by Crippen LogP contribution is 2.21. The first-order valence-electron chi connectivity index (χ1n) is 4.98. The number of hydrogen-bond donors (Lipinski definition) is 0. The van der Waals surface area contributed by atoms with Gasteiger partial charge in [-0.25, -0.2) is 0 Å². The molecule has 0 bridgehead atoms. The summed E-state index contributed by atoms with van der Waals surface area (Å²) in [6, 6.07) is 0. The van der Waals surface area contributed by atoms with Crippen LogP contribution in [0.3, 0.4) is 0 Å². The molecule has 0 saturated carbocycles. The van der Waals surface area contributed by atoms with Crippen LogP contribution >= 0.6 is 27.5 Å². The van der Waals surface area contributed by atoms with Crippen molar-refractivity contribution in [2.75, 3.05) is 5.33 Å². The molecule has 1 aromatic heterocycles. The molecule has 0 fully saturated rings. The Hall–Kier alpha value is -0.0200. The maximum Gasteiger partial charge on any atom is 0.0847 e. The number of hydrogen-bond acceptors (Lipinski definition) is 1. The van der Waals surface area contributed by atoms with E-state index < -0.39 is 0 Å². The molecule has 1 rings (SSSR count). The van der Waals surface area contributed by atoms with Crippen LogP contribution in [-0.4, -0.2) is 15.1 Å². The number of aromatic nitrogens is 2. The van der Waals surface area contributed by atoms with E-state index in [-0.39, 0.29) is 0 Å². The van der Waals surface area contributed by atoms with Gasteiger partial charge < -0.3 is 0 Å². The van der Waals surface area contributed by atoms with Crippen LogP contribution in [0.25, 0.3) is 0 Å². The van der Waals surface area contributed by atoms with Crippen molar-refractivity contribution in [1.29, 1.82) is 0 Å². The average Bonchev–Trinajstić information content (AvgIpc) is 2.45. The molecule has 2 nitrogen and oxygen atoms in total. The quantitative estimate of drug-likeness (QED) is 0.595. The molecule has 0 unspecified atom stereocenters. The van der Waals surface area contributed by atoms with Gasteiger partial charge in [-0.2, -0.15) is 5.10 Å². The summed E-state index contributed by atoms with van der Waals surface area (Å²) in [6.45, 7) is 4.95. The molecule has 0 atom stereocenters. The summed E-state index contributed by atoms with van der Waals surface area (Å²) in [6.07, 6.45) is 3.37. The molecule has 1 heterocycles. The lowest BCUT2D eigenvalue weighted by atomic mass is 10.2. The van der Waals surface area contributed by atoms with E-state index >= 15 is 0 Å². The Morgan fingerprint density at radius 2 is 2.14 bits per heavy atom. The maximum absolute atomic E-state index is 6.18. The van der Waals surface area contributed by atoms with Gasteiger partial charge in [0.25, 0.3) is 0 Å². The molecule has 0 N–H and O–H groups in total. The number of halogens is 2. The third-order valence-electron chi connectivity index (χ3n) is 2.25. The van der Waals surface area contributed by atoms with Gasteiger partial charge in [0.2, 0.25) is 0 Å². The van der Waals surface area contributed by atoms with Gasteiger partial charge in [-0.05, 0) is 33.1 Å². The maximum atomic E-state index is 6.18. The molecule has 4 heteroatoms. The van der Waals surface area contributed by atoms with Gasteiger partial charge in [-0.3, -0.25) is 4.68 Å². The van der Waals surface area contributed by atoms with E-state index in [0.29, 0.717) is 0 Å². The van der Waals surface area contributed by atoms with Gasteiger partial charge in [-0.1, -0.05) is 27.5 Å². The zero-order chi connectivity index (χ0) is 10.6. The third-order valence-corrected chi connectivity index (χ3v) is 3.30. The van der Waals surface area contributed by atoms with E-state index in [4.69, 9.17) is 11.6 Å². The first kappa shape index (κ1) is 12.1. The van der Waals surface area contributed by atoms with Crippen molar-refractivity contribution in [1.82, 2.24) is 9.78 Å². The Kier molecular flexibility index (Phi) is 4.96. The van der Waals surface area contributed by atoms with Crippen molar-refractivity contribution in [3.8, 4) is 0 Å². The summed E-state index contributed by atoms with van der Waals surface area (Å²) >= 11 is 9.60. The normalized spacial score (nSPS) is 10.9. The van der Waals surface area contributed by atoms with Crippen LogP contribution in [0.15, 0.2) is 0 Å². The second kappa shape index (κ2) is 5.76. The monoisotopic (exact) mass is 278 g/mol. The molecule has 0 aliphatic rings. The molecule has 0 aliphatic carbocycles. The number of nitrogens with zero attached hydrogens (tertiary/aromatic N) is 2. The lowest BCUT2D eigenvalue weighted by Crippen LogP contribution is -2.03. The van der Waals surface area contributed by atoms with Gasteiger partial charge in [0.05, 0.1) is 16.4 Å². The molecular formula is C10H16BrClN2. The lowest BCUT2D eigenvalue weighted by Gasteiger charge is -2.04. The van der Waals surface area contributed by atoms with Gasteiger partial charge in [0.1, 0.15) is 0 Å². The molecule has 0 spiro atoms. The summed E-state index contributed by atoms with van der Waals surface area (Å²) in [5.41, 5.74) is 2.13. The van der Waals surface area contributed by atoms with Crippen LogP contribution in [0.5, 0.6) is 0 Å². The van der Waals surface area contributed by atoms with Crippen molar-refractivity contribution in [2.45, 2.75) is 39.7 Å². The minimum absolute atomic E-state index is 0.849. The summed E-state index contributed by atoms with van der Waals surface area (Å²) < 4.78 is 2.01. The molecule has 80 valence electrons. The standard InChI is InChI=1S/C10H16BrClN2/c1-3-14-9(6-4-5-7-11)10(12)8(2)13-14/h3-7H2,1-2H3. The summed E-state index contributed by atoms with van der Waals surface area (Å²) in [5.74, 6) is 0. The van der Waals surface area contributed by atoms with Crippen LogP contribution in [0.4, 0.5) is 0 Å². The number of aryl methyl sites for hydroxylation is 2. The highest BCUT2D eigenvalue weighted by atomic mass is 79.9. The highest BCUT2D eigenvalue weighted by molar-refractivity contribution is 9.09. The van der Waals surface area contributed by atoms with Crippen molar-refractivity contribution in [2.24, 2.45) is 0 Å². The van der Waals surface area contributed by atoms with Gasteiger partial charge in [0, 0.05) is 11.9 Å². The van der Waals surface area contributed by atoms with Crippen LogP contribution < -0.4 is 0 Å². The average molecular weight is 280 g/mol. The molecule has 0 amide bonds.